The Morgan fingerprint density at radius 2 is 0.981 bits per heavy atom. The Bertz CT molecular complexity index is 2800. The number of benzene rings is 6. The molecule has 0 unspecified atom stereocenters. The number of hydrogen-bond donors (Lipinski definition) is 0. The van der Waals surface area contributed by atoms with E-state index >= 15 is 0 Å². The number of aryl methyl sites for hydroxylation is 8. The van der Waals surface area contributed by atoms with Crippen LogP contribution in [0.15, 0.2) is 121 Å². The second-order valence-electron chi connectivity index (χ2n) is 15.3. The first kappa shape index (κ1) is 33.0. The average molecular weight is 686 g/mol. The molecule has 0 saturated carbocycles. The van der Waals surface area contributed by atoms with Gasteiger partial charge in [-0.2, -0.15) is 0 Å². The minimum absolute atomic E-state index is 0.0157. The summed E-state index contributed by atoms with van der Waals surface area (Å²) in [7, 11) is 0. The monoisotopic (exact) mass is 685 g/mol. The van der Waals surface area contributed by atoms with Gasteiger partial charge >= 0.3 is 0 Å². The molecule has 4 heteroatoms. The summed E-state index contributed by atoms with van der Waals surface area (Å²) in [4.78, 5) is 5.60. The van der Waals surface area contributed by atoms with E-state index in [-0.39, 0.29) is 6.71 Å². The fourth-order valence-corrected chi connectivity index (χ4v) is 9.67. The third kappa shape index (κ3) is 5.07. The van der Waals surface area contributed by atoms with Crippen molar-refractivity contribution in [2.45, 2.75) is 55.4 Å². The van der Waals surface area contributed by atoms with Crippen LogP contribution in [0.1, 0.15) is 44.6 Å². The molecule has 0 bridgehead atoms. The van der Waals surface area contributed by atoms with Crippen molar-refractivity contribution in [2.24, 2.45) is 0 Å². The fourth-order valence-electron chi connectivity index (χ4n) is 9.67. The van der Waals surface area contributed by atoms with Gasteiger partial charge in [-0.25, -0.2) is 0 Å². The lowest BCUT2D eigenvalue weighted by molar-refractivity contribution is 1.07. The van der Waals surface area contributed by atoms with Gasteiger partial charge < -0.3 is 9.13 Å². The molecule has 0 N–H and O–H groups in total. The van der Waals surface area contributed by atoms with Crippen LogP contribution in [0.5, 0.6) is 0 Å². The largest absolute Gasteiger partial charge is 0.309 e. The summed E-state index contributed by atoms with van der Waals surface area (Å²) in [5, 5.41) is 5.02. The topological polar surface area (TPSA) is 22.8 Å². The Hall–Kier alpha value is -5.87. The van der Waals surface area contributed by atoms with E-state index in [9.17, 15) is 0 Å². The number of nitrogens with zero attached hydrogens (tertiary/aromatic N) is 3. The summed E-state index contributed by atoms with van der Waals surface area (Å²) >= 11 is 0. The van der Waals surface area contributed by atoms with Crippen molar-refractivity contribution >= 4 is 66.8 Å². The fraction of sp³-hybridized carbons (Fsp3) is 0.163. The number of hydrogen-bond acceptors (Lipinski definition) is 1. The van der Waals surface area contributed by atoms with E-state index in [4.69, 9.17) is 4.98 Å². The van der Waals surface area contributed by atoms with Gasteiger partial charge in [-0.3, -0.25) is 4.98 Å². The lowest BCUT2D eigenvalue weighted by Gasteiger charge is -2.25. The zero-order chi connectivity index (χ0) is 36.7. The first-order valence-corrected chi connectivity index (χ1v) is 18.8. The van der Waals surface area contributed by atoms with Crippen molar-refractivity contribution in [3.63, 3.8) is 0 Å². The van der Waals surface area contributed by atoms with Crippen molar-refractivity contribution in [2.75, 3.05) is 0 Å². The highest BCUT2D eigenvalue weighted by molar-refractivity contribution is 6.96. The Balaban J connectivity index is 1.35. The highest BCUT2D eigenvalue weighted by atomic mass is 15.0. The molecule has 3 aromatic heterocycles. The van der Waals surface area contributed by atoms with Crippen LogP contribution in [0.4, 0.5) is 0 Å². The number of aromatic nitrogens is 3. The summed E-state index contributed by atoms with van der Waals surface area (Å²) in [6.07, 6.45) is 0. The molecule has 0 spiro atoms. The molecule has 258 valence electrons. The predicted molar refractivity (Wildman–Crippen MR) is 228 cm³/mol. The normalized spacial score (nSPS) is 11.8. The van der Waals surface area contributed by atoms with Crippen molar-refractivity contribution < 1.29 is 0 Å². The third-order valence-corrected chi connectivity index (χ3v) is 11.4. The lowest BCUT2D eigenvalue weighted by Crippen LogP contribution is -2.57. The van der Waals surface area contributed by atoms with Gasteiger partial charge in [0.05, 0.1) is 33.4 Å². The van der Waals surface area contributed by atoms with Crippen molar-refractivity contribution in [1.82, 2.24) is 14.1 Å². The van der Waals surface area contributed by atoms with Gasteiger partial charge in [-0.15, -0.1) is 0 Å². The molecule has 0 radical (unpaired) electrons. The molecule has 0 saturated heterocycles. The molecule has 0 atom stereocenters. The van der Waals surface area contributed by atoms with E-state index in [1.54, 1.807) is 0 Å². The first-order chi connectivity index (χ1) is 25.6. The predicted octanol–water partition coefficient (Wildman–Crippen LogP) is 10.3. The van der Waals surface area contributed by atoms with Crippen LogP contribution in [0.2, 0.25) is 0 Å². The molecular formula is C49H44BN3. The van der Waals surface area contributed by atoms with Gasteiger partial charge in [0.1, 0.15) is 0 Å². The second-order valence-corrected chi connectivity index (χ2v) is 15.3. The molecule has 0 aliphatic heterocycles. The Labute approximate surface area is 312 Å². The second kappa shape index (κ2) is 12.4. The summed E-state index contributed by atoms with van der Waals surface area (Å²) in [5.41, 5.74) is 21.0. The molecule has 6 aromatic carbocycles. The minimum atomic E-state index is 0.0157. The van der Waals surface area contributed by atoms with Gasteiger partial charge in [-0.05, 0) is 97.4 Å². The molecule has 0 aliphatic rings. The number of fused-ring (bicyclic) bond motifs is 7. The Morgan fingerprint density at radius 1 is 0.453 bits per heavy atom. The maximum Gasteiger partial charge on any atom is 0.266 e. The van der Waals surface area contributed by atoms with Gasteiger partial charge in [0.2, 0.25) is 0 Å². The lowest BCUT2D eigenvalue weighted by atomic mass is 9.35. The zero-order valence-electron chi connectivity index (χ0n) is 32.0. The number of rotatable bonds is 5. The summed E-state index contributed by atoms with van der Waals surface area (Å²) < 4.78 is 4.92. The van der Waals surface area contributed by atoms with E-state index in [2.05, 4.69) is 186 Å². The number of para-hydroxylation sites is 3. The van der Waals surface area contributed by atoms with Gasteiger partial charge in [0.15, 0.2) is 0 Å². The van der Waals surface area contributed by atoms with Crippen LogP contribution < -0.4 is 16.5 Å². The van der Waals surface area contributed by atoms with E-state index in [1.807, 2.05) is 0 Å². The smallest absolute Gasteiger partial charge is 0.266 e. The van der Waals surface area contributed by atoms with Crippen LogP contribution >= 0.6 is 0 Å². The maximum atomic E-state index is 5.60. The molecule has 9 aromatic rings. The van der Waals surface area contributed by atoms with Crippen molar-refractivity contribution in [1.29, 1.82) is 0 Å². The highest BCUT2D eigenvalue weighted by Gasteiger charge is 2.31. The van der Waals surface area contributed by atoms with Gasteiger partial charge in [0.25, 0.3) is 6.71 Å². The number of pyridine rings is 1. The summed E-state index contributed by atoms with van der Waals surface area (Å²) in [6.45, 7) is 17.9. The summed E-state index contributed by atoms with van der Waals surface area (Å²) in [5.74, 6) is 0. The molecule has 3 heterocycles. The van der Waals surface area contributed by atoms with E-state index in [0.29, 0.717) is 0 Å². The molecule has 0 fully saturated rings. The van der Waals surface area contributed by atoms with Crippen molar-refractivity contribution in [3.05, 3.63) is 166 Å². The van der Waals surface area contributed by atoms with Crippen LogP contribution in [0, 0.1) is 55.4 Å². The molecule has 9 rings (SSSR count). The third-order valence-electron chi connectivity index (χ3n) is 11.4. The van der Waals surface area contributed by atoms with Crippen molar-refractivity contribution in [3.8, 4) is 11.4 Å². The quantitative estimate of drug-likeness (QED) is 0.165. The van der Waals surface area contributed by atoms with Gasteiger partial charge in [-0.1, -0.05) is 129 Å². The van der Waals surface area contributed by atoms with Crippen LogP contribution in [0.25, 0.3) is 55.0 Å². The highest BCUT2D eigenvalue weighted by Crippen LogP contribution is 2.42. The van der Waals surface area contributed by atoms with Crippen LogP contribution in [-0.4, -0.2) is 20.8 Å². The minimum Gasteiger partial charge on any atom is -0.309 e. The molecule has 0 aliphatic carbocycles. The summed E-state index contributed by atoms with van der Waals surface area (Å²) in [6, 6.07) is 44.8. The molecule has 0 amide bonds. The standard InChI is InChI=1S/C49H44BN3/c1-29-24-31(3)46(32(4)25-29)50(47-33(5)26-30(2)27-34(47)6)44-28-35(7)48(36(8)51-44)53-42-21-15-13-19-40(42)45-43(53)23-22-39-38-18-12-14-20-41(38)52(49(39)45)37-16-10-9-11-17-37/h9-28H,1-8H3. The first-order valence-electron chi connectivity index (χ1n) is 18.8. The van der Waals surface area contributed by atoms with Crippen LogP contribution in [-0.2, 0) is 0 Å². The Morgan fingerprint density at radius 3 is 1.57 bits per heavy atom. The SMILES string of the molecule is Cc1cc(C)c(B(c2cc(C)c(-n3c4ccccc4c4c3ccc3c5ccccc5n(-c5ccccc5)c34)c(C)n2)c2c(C)cc(C)cc2C)c(C)c1. The van der Waals surface area contributed by atoms with E-state index in [0.717, 1.165) is 22.7 Å². The van der Waals surface area contributed by atoms with E-state index < -0.39 is 0 Å². The average Bonchev–Trinajstić information content (AvgIpc) is 3.63. The maximum absolute atomic E-state index is 5.60. The molecular weight excluding hydrogens is 641 g/mol. The zero-order valence-corrected chi connectivity index (χ0v) is 32.0. The van der Waals surface area contributed by atoms with E-state index in [1.165, 1.54) is 93.5 Å². The molecule has 3 nitrogen and oxygen atoms in total. The van der Waals surface area contributed by atoms with Gasteiger partial charge in [0, 0.05) is 32.8 Å². The molecule has 53 heavy (non-hydrogen) atoms. The Kier molecular flexibility index (Phi) is 7.71. The van der Waals surface area contributed by atoms with Crippen LogP contribution in [0.3, 0.4) is 0 Å².